The first kappa shape index (κ1) is 15.5. The molecule has 5 heteroatoms. The molecule has 0 bridgehead atoms. The van der Waals surface area contributed by atoms with Gasteiger partial charge in [-0.2, -0.15) is 0 Å². The molecule has 1 aromatic carbocycles. The summed E-state index contributed by atoms with van der Waals surface area (Å²) in [7, 11) is 0. The summed E-state index contributed by atoms with van der Waals surface area (Å²) >= 11 is 3.33. The highest BCUT2D eigenvalue weighted by molar-refractivity contribution is 7.21. The maximum Gasteiger partial charge on any atom is 0.235 e. The van der Waals surface area contributed by atoms with Crippen molar-refractivity contribution in [1.82, 2.24) is 4.98 Å². The number of amides is 1. The molecular formula is C19H18N2OS2. The summed E-state index contributed by atoms with van der Waals surface area (Å²) in [5.41, 5.74) is 2.72. The Bertz CT molecular complexity index is 891. The van der Waals surface area contributed by atoms with E-state index in [1.807, 2.05) is 32.0 Å². The van der Waals surface area contributed by atoms with Crippen LogP contribution in [0.15, 0.2) is 41.8 Å². The number of nitrogens with zero attached hydrogens (tertiary/aromatic N) is 1. The minimum absolute atomic E-state index is 0.108. The highest BCUT2D eigenvalue weighted by atomic mass is 32.1. The van der Waals surface area contributed by atoms with Gasteiger partial charge in [0.05, 0.1) is 16.0 Å². The first-order valence-electron chi connectivity index (χ1n) is 7.98. The lowest BCUT2D eigenvalue weighted by Crippen LogP contribution is -2.27. The highest BCUT2D eigenvalue weighted by Crippen LogP contribution is 2.49. The Labute approximate surface area is 149 Å². The van der Waals surface area contributed by atoms with Crippen LogP contribution in [0.3, 0.4) is 0 Å². The third-order valence-corrected chi connectivity index (χ3v) is 6.69. The number of thiazole rings is 1. The van der Waals surface area contributed by atoms with Gasteiger partial charge in [-0.3, -0.25) is 4.79 Å². The van der Waals surface area contributed by atoms with E-state index in [0.29, 0.717) is 0 Å². The monoisotopic (exact) mass is 354 g/mol. The van der Waals surface area contributed by atoms with E-state index in [1.54, 1.807) is 22.7 Å². The van der Waals surface area contributed by atoms with Gasteiger partial charge < -0.3 is 5.32 Å². The molecule has 2 aromatic heterocycles. The molecule has 3 nitrogen and oxygen atoms in total. The zero-order chi connectivity index (χ0) is 16.7. The molecule has 1 amide bonds. The third-order valence-electron chi connectivity index (χ3n) is 4.51. The van der Waals surface area contributed by atoms with Crippen molar-refractivity contribution >= 4 is 34.3 Å². The zero-order valence-corrected chi connectivity index (χ0v) is 15.3. The molecule has 0 aliphatic heterocycles. The standard InChI is InChI=1S/C19H18N2OS2/c1-12-11-23-17(20-12)16-10-15(13(2)24-16)21-18(22)19(8-9-19)14-6-4-3-5-7-14/h3-7,10-11H,8-9H2,1-2H3,(H,21,22). The fourth-order valence-electron chi connectivity index (χ4n) is 2.95. The predicted molar refractivity (Wildman–Crippen MR) is 101 cm³/mol. The molecule has 0 atom stereocenters. The van der Waals surface area contributed by atoms with Gasteiger partial charge in [0, 0.05) is 16.0 Å². The smallest absolute Gasteiger partial charge is 0.235 e. The van der Waals surface area contributed by atoms with E-state index in [1.165, 1.54) is 0 Å². The van der Waals surface area contributed by atoms with Crippen LogP contribution in [0.4, 0.5) is 5.69 Å². The number of benzene rings is 1. The Morgan fingerprint density at radius 1 is 1.21 bits per heavy atom. The SMILES string of the molecule is Cc1csc(-c2cc(NC(=O)C3(c4ccccc4)CC3)c(C)s2)n1. The van der Waals surface area contributed by atoms with Crippen molar-refractivity contribution in [2.24, 2.45) is 0 Å². The number of rotatable bonds is 4. The van der Waals surface area contributed by atoms with E-state index in [-0.39, 0.29) is 11.3 Å². The molecule has 0 radical (unpaired) electrons. The maximum absolute atomic E-state index is 12.9. The van der Waals surface area contributed by atoms with Crippen molar-refractivity contribution in [1.29, 1.82) is 0 Å². The average Bonchev–Trinajstić information content (AvgIpc) is 3.18. The molecule has 1 fully saturated rings. The number of thiophene rings is 1. The Hall–Kier alpha value is -1.98. The van der Waals surface area contributed by atoms with Crippen LogP contribution in [0, 0.1) is 13.8 Å². The van der Waals surface area contributed by atoms with Crippen molar-refractivity contribution in [3.63, 3.8) is 0 Å². The second kappa shape index (κ2) is 5.83. The van der Waals surface area contributed by atoms with Gasteiger partial charge in [0.2, 0.25) is 5.91 Å². The summed E-state index contributed by atoms with van der Waals surface area (Å²) in [6, 6.07) is 12.1. The lowest BCUT2D eigenvalue weighted by atomic mass is 9.95. The van der Waals surface area contributed by atoms with Crippen molar-refractivity contribution in [2.75, 3.05) is 5.32 Å². The number of aromatic nitrogens is 1. The number of anilines is 1. The van der Waals surface area contributed by atoms with E-state index in [4.69, 9.17) is 0 Å². The lowest BCUT2D eigenvalue weighted by Gasteiger charge is -2.15. The molecule has 122 valence electrons. The topological polar surface area (TPSA) is 42.0 Å². The van der Waals surface area contributed by atoms with Crippen molar-refractivity contribution in [3.8, 4) is 9.88 Å². The molecule has 4 rings (SSSR count). The summed E-state index contributed by atoms with van der Waals surface area (Å²) in [4.78, 5) is 19.7. The van der Waals surface area contributed by atoms with Gasteiger partial charge in [0.25, 0.3) is 0 Å². The Kier molecular flexibility index (Phi) is 3.77. The fourth-order valence-corrected chi connectivity index (χ4v) is 4.79. The summed E-state index contributed by atoms with van der Waals surface area (Å²) in [5, 5.41) is 6.23. The van der Waals surface area contributed by atoms with E-state index >= 15 is 0 Å². The van der Waals surface area contributed by atoms with Gasteiger partial charge in [-0.15, -0.1) is 22.7 Å². The first-order chi connectivity index (χ1) is 11.6. The molecule has 1 saturated carbocycles. The zero-order valence-electron chi connectivity index (χ0n) is 13.6. The number of carbonyl (C=O) groups is 1. The van der Waals surface area contributed by atoms with Crippen LogP contribution in [-0.4, -0.2) is 10.9 Å². The third kappa shape index (κ3) is 2.68. The van der Waals surface area contributed by atoms with Crippen LogP contribution >= 0.6 is 22.7 Å². The lowest BCUT2D eigenvalue weighted by molar-refractivity contribution is -0.118. The van der Waals surface area contributed by atoms with Crippen LogP contribution in [0.5, 0.6) is 0 Å². The van der Waals surface area contributed by atoms with Gasteiger partial charge in [0.15, 0.2) is 0 Å². The van der Waals surface area contributed by atoms with Crippen molar-refractivity contribution < 1.29 is 4.79 Å². The average molecular weight is 355 g/mol. The normalized spacial score (nSPS) is 15.2. The minimum atomic E-state index is -0.340. The Morgan fingerprint density at radius 3 is 2.58 bits per heavy atom. The molecule has 24 heavy (non-hydrogen) atoms. The van der Waals surface area contributed by atoms with E-state index < -0.39 is 0 Å². The predicted octanol–water partition coefficient (Wildman–Crippen LogP) is 5.16. The van der Waals surface area contributed by atoms with Crippen LogP contribution in [0.1, 0.15) is 29.0 Å². The largest absolute Gasteiger partial charge is 0.324 e. The molecule has 0 unspecified atom stereocenters. The fraction of sp³-hybridized carbons (Fsp3) is 0.263. The molecule has 0 saturated heterocycles. The quantitative estimate of drug-likeness (QED) is 0.703. The molecule has 1 N–H and O–H groups in total. The molecule has 3 aromatic rings. The van der Waals surface area contributed by atoms with Gasteiger partial charge >= 0.3 is 0 Å². The number of carbonyl (C=O) groups excluding carboxylic acids is 1. The van der Waals surface area contributed by atoms with E-state index in [2.05, 4.69) is 33.9 Å². The van der Waals surface area contributed by atoms with Gasteiger partial charge in [-0.1, -0.05) is 30.3 Å². The summed E-state index contributed by atoms with van der Waals surface area (Å²) in [6.07, 6.45) is 1.84. The number of hydrogen-bond donors (Lipinski definition) is 1. The van der Waals surface area contributed by atoms with Gasteiger partial charge in [0.1, 0.15) is 5.01 Å². The molecular weight excluding hydrogens is 336 g/mol. The van der Waals surface area contributed by atoms with Gasteiger partial charge in [-0.05, 0) is 38.3 Å². The second-order valence-corrected chi connectivity index (χ2v) is 8.39. The van der Waals surface area contributed by atoms with Gasteiger partial charge in [-0.25, -0.2) is 4.98 Å². The van der Waals surface area contributed by atoms with E-state index in [0.717, 1.165) is 44.5 Å². The Morgan fingerprint density at radius 2 is 1.96 bits per heavy atom. The first-order valence-corrected chi connectivity index (χ1v) is 9.68. The molecule has 0 spiro atoms. The van der Waals surface area contributed by atoms with Crippen LogP contribution in [0.2, 0.25) is 0 Å². The molecule has 1 aliphatic rings. The van der Waals surface area contributed by atoms with Crippen molar-refractivity contribution in [3.05, 3.63) is 57.9 Å². The summed E-state index contributed by atoms with van der Waals surface area (Å²) in [5.74, 6) is 0.108. The van der Waals surface area contributed by atoms with Crippen molar-refractivity contribution in [2.45, 2.75) is 32.1 Å². The van der Waals surface area contributed by atoms with Crippen LogP contribution in [-0.2, 0) is 10.2 Å². The number of hydrogen-bond acceptors (Lipinski definition) is 4. The summed E-state index contributed by atoms with van der Waals surface area (Å²) in [6.45, 7) is 4.05. The van der Waals surface area contributed by atoms with Crippen LogP contribution < -0.4 is 5.32 Å². The number of nitrogens with one attached hydrogen (secondary N) is 1. The Balaban J connectivity index is 1.58. The van der Waals surface area contributed by atoms with E-state index in [9.17, 15) is 4.79 Å². The highest BCUT2D eigenvalue weighted by Gasteiger charge is 2.51. The maximum atomic E-state index is 12.9. The minimum Gasteiger partial charge on any atom is -0.324 e. The number of aryl methyl sites for hydroxylation is 2. The molecule has 2 heterocycles. The van der Waals surface area contributed by atoms with Crippen LogP contribution in [0.25, 0.3) is 9.88 Å². The summed E-state index contributed by atoms with van der Waals surface area (Å²) < 4.78 is 0. The second-order valence-electron chi connectivity index (χ2n) is 6.28. The molecule has 1 aliphatic carbocycles.